The molecule has 3 atom stereocenters. The van der Waals surface area contributed by atoms with Gasteiger partial charge in [-0.25, -0.2) is 0 Å². The minimum atomic E-state index is -0.0280. The molecule has 110 valence electrons. The molecule has 1 saturated carbocycles. The number of hydrogen-bond acceptors (Lipinski definition) is 2. The van der Waals surface area contributed by atoms with Crippen molar-refractivity contribution >= 4 is 11.6 Å². The quantitative estimate of drug-likeness (QED) is 0.884. The molecular formula is C17H26N2O. The van der Waals surface area contributed by atoms with Crippen LogP contribution in [0.4, 0.5) is 5.69 Å². The molecule has 1 aliphatic carbocycles. The van der Waals surface area contributed by atoms with Gasteiger partial charge in [0, 0.05) is 24.3 Å². The summed E-state index contributed by atoms with van der Waals surface area (Å²) in [5.41, 5.74) is 3.02. The Hall–Kier alpha value is -1.51. The van der Waals surface area contributed by atoms with Gasteiger partial charge < -0.3 is 10.6 Å². The van der Waals surface area contributed by atoms with Gasteiger partial charge in [-0.2, -0.15) is 0 Å². The summed E-state index contributed by atoms with van der Waals surface area (Å²) >= 11 is 0. The van der Waals surface area contributed by atoms with E-state index in [9.17, 15) is 4.79 Å². The second kappa shape index (κ2) is 6.29. The highest BCUT2D eigenvalue weighted by atomic mass is 16.1. The fraction of sp³-hybridized carbons (Fsp3) is 0.588. The van der Waals surface area contributed by atoms with Crippen molar-refractivity contribution < 1.29 is 4.79 Å². The summed E-state index contributed by atoms with van der Waals surface area (Å²) in [4.78, 5) is 11.6. The van der Waals surface area contributed by atoms with Crippen LogP contribution >= 0.6 is 0 Å². The van der Waals surface area contributed by atoms with E-state index in [2.05, 4.69) is 31.4 Å². The lowest BCUT2D eigenvalue weighted by molar-refractivity contribution is 0.0963. The average molecular weight is 274 g/mol. The van der Waals surface area contributed by atoms with Crippen LogP contribution in [0, 0.1) is 18.8 Å². The Kier molecular flexibility index (Phi) is 4.69. The van der Waals surface area contributed by atoms with Crippen LogP contribution in [0.3, 0.4) is 0 Å². The van der Waals surface area contributed by atoms with Crippen LogP contribution in [0.25, 0.3) is 0 Å². The molecule has 1 aromatic carbocycles. The summed E-state index contributed by atoms with van der Waals surface area (Å²) in [7, 11) is 1.66. The molecule has 0 aliphatic heterocycles. The molecule has 0 heterocycles. The highest BCUT2D eigenvalue weighted by Gasteiger charge is 2.24. The molecule has 3 heteroatoms. The number of nitrogens with one attached hydrogen (secondary N) is 2. The first-order chi connectivity index (χ1) is 9.51. The van der Waals surface area contributed by atoms with E-state index in [-0.39, 0.29) is 5.91 Å². The van der Waals surface area contributed by atoms with Gasteiger partial charge in [-0.05, 0) is 61.8 Å². The zero-order valence-corrected chi connectivity index (χ0v) is 13.0. The van der Waals surface area contributed by atoms with E-state index >= 15 is 0 Å². The van der Waals surface area contributed by atoms with Crippen molar-refractivity contribution in [3.63, 3.8) is 0 Å². The molecule has 0 saturated heterocycles. The maximum Gasteiger partial charge on any atom is 0.251 e. The number of carbonyl (C=O) groups is 1. The van der Waals surface area contributed by atoms with Gasteiger partial charge in [0.1, 0.15) is 0 Å². The van der Waals surface area contributed by atoms with Gasteiger partial charge in [0.2, 0.25) is 0 Å². The molecule has 0 spiro atoms. The Balaban J connectivity index is 2.05. The predicted molar refractivity (Wildman–Crippen MR) is 84.2 cm³/mol. The van der Waals surface area contributed by atoms with Crippen molar-refractivity contribution in [2.45, 2.75) is 46.1 Å². The summed E-state index contributed by atoms with van der Waals surface area (Å²) in [6.45, 7) is 6.76. The smallest absolute Gasteiger partial charge is 0.251 e. The molecule has 2 N–H and O–H groups in total. The number of rotatable bonds is 3. The third-order valence-corrected chi connectivity index (χ3v) is 4.67. The van der Waals surface area contributed by atoms with Crippen molar-refractivity contribution in [3.8, 4) is 0 Å². The minimum absolute atomic E-state index is 0.0280. The van der Waals surface area contributed by atoms with E-state index in [1.165, 1.54) is 19.3 Å². The van der Waals surface area contributed by atoms with Crippen molar-refractivity contribution in [3.05, 3.63) is 29.3 Å². The van der Waals surface area contributed by atoms with Gasteiger partial charge in [-0.3, -0.25) is 4.79 Å². The van der Waals surface area contributed by atoms with E-state index < -0.39 is 0 Å². The Labute approximate surface area is 122 Å². The Morgan fingerprint density at radius 3 is 2.55 bits per heavy atom. The van der Waals surface area contributed by atoms with Crippen LogP contribution in [0.1, 0.15) is 49.0 Å². The van der Waals surface area contributed by atoms with Crippen LogP contribution < -0.4 is 10.6 Å². The molecule has 1 amide bonds. The Morgan fingerprint density at radius 1 is 1.20 bits per heavy atom. The fourth-order valence-electron chi connectivity index (χ4n) is 3.01. The van der Waals surface area contributed by atoms with E-state index in [0.29, 0.717) is 6.04 Å². The third-order valence-electron chi connectivity index (χ3n) is 4.67. The molecular weight excluding hydrogens is 248 g/mol. The van der Waals surface area contributed by atoms with Crippen molar-refractivity contribution in [2.75, 3.05) is 12.4 Å². The first kappa shape index (κ1) is 14.9. The van der Waals surface area contributed by atoms with Gasteiger partial charge in [0.05, 0.1) is 0 Å². The maximum atomic E-state index is 11.6. The van der Waals surface area contributed by atoms with Crippen LogP contribution in [-0.2, 0) is 0 Å². The predicted octanol–water partition coefficient (Wildman–Crippen LogP) is 3.59. The standard InChI is InChI=1S/C17H26N2O/c1-11-5-7-15(10-12(11)2)19-16-8-6-14(9-13(16)3)17(20)18-4/h6,8-9,11-12,15,19H,5,7,10H2,1-4H3,(H,18,20). The first-order valence-electron chi connectivity index (χ1n) is 7.60. The third kappa shape index (κ3) is 3.33. The monoisotopic (exact) mass is 274 g/mol. The number of carbonyl (C=O) groups excluding carboxylic acids is 1. The van der Waals surface area contributed by atoms with Crippen molar-refractivity contribution in [1.82, 2.24) is 5.32 Å². The molecule has 20 heavy (non-hydrogen) atoms. The van der Waals surface area contributed by atoms with Crippen LogP contribution in [0.5, 0.6) is 0 Å². The highest BCUT2D eigenvalue weighted by molar-refractivity contribution is 5.94. The van der Waals surface area contributed by atoms with E-state index in [4.69, 9.17) is 0 Å². The molecule has 0 aromatic heterocycles. The second-order valence-electron chi connectivity index (χ2n) is 6.22. The van der Waals surface area contributed by atoms with Gasteiger partial charge >= 0.3 is 0 Å². The summed E-state index contributed by atoms with van der Waals surface area (Å²) in [6, 6.07) is 6.44. The lowest BCUT2D eigenvalue weighted by Gasteiger charge is -2.33. The summed E-state index contributed by atoms with van der Waals surface area (Å²) in [5.74, 6) is 1.59. The summed E-state index contributed by atoms with van der Waals surface area (Å²) in [6.07, 6.45) is 3.77. The lowest BCUT2D eigenvalue weighted by Crippen LogP contribution is -2.30. The number of hydrogen-bond donors (Lipinski definition) is 2. The van der Waals surface area contributed by atoms with Gasteiger partial charge in [0.25, 0.3) is 5.91 Å². The largest absolute Gasteiger partial charge is 0.382 e. The van der Waals surface area contributed by atoms with Gasteiger partial charge in [-0.1, -0.05) is 13.8 Å². The molecule has 0 bridgehead atoms. The maximum absolute atomic E-state index is 11.6. The van der Waals surface area contributed by atoms with Crippen molar-refractivity contribution in [1.29, 1.82) is 0 Å². The summed E-state index contributed by atoms with van der Waals surface area (Å²) in [5, 5.41) is 6.31. The van der Waals surface area contributed by atoms with Gasteiger partial charge in [0.15, 0.2) is 0 Å². The fourth-order valence-corrected chi connectivity index (χ4v) is 3.01. The van der Waals surface area contributed by atoms with Crippen LogP contribution in [0.2, 0.25) is 0 Å². The Morgan fingerprint density at radius 2 is 1.95 bits per heavy atom. The molecule has 2 rings (SSSR count). The number of amides is 1. The van der Waals surface area contributed by atoms with Crippen molar-refractivity contribution in [2.24, 2.45) is 11.8 Å². The molecule has 0 radical (unpaired) electrons. The lowest BCUT2D eigenvalue weighted by atomic mass is 9.79. The average Bonchev–Trinajstić information content (AvgIpc) is 2.44. The minimum Gasteiger partial charge on any atom is -0.382 e. The number of benzene rings is 1. The van der Waals surface area contributed by atoms with E-state index in [1.54, 1.807) is 7.05 Å². The summed E-state index contributed by atoms with van der Waals surface area (Å²) < 4.78 is 0. The zero-order chi connectivity index (χ0) is 14.7. The van der Waals surface area contributed by atoms with Crippen LogP contribution in [-0.4, -0.2) is 19.0 Å². The highest BCUT2D eigenvalue weighted by Crippen LogP contribution is 2.31. The number of anilines is 1. The van der Waals surface area contributed by atoms with Gasteiger partial charge in [-0.15, -0.1) is 0 Å². The van der Waals surface area contributed by atoms with E-state index in [1.807, 2.05) is 18.2 Å². The number of aryl methyl sites for hydroxylation is 1. The first-order valence-corrected chi connectivity index (χ1v) is 7.60. The molecule has 1 aliphatic rings. The normalized spacial score (nSPS) is 26.1. The zero-order valence-electron chi connectivity index (χ0n) is 13.0. The Bertz CT molecular complexity index is 484. The topological polar surface area (TPSA) is 41.1 Å². The molecule has 1 aromatic rings. The molecule has 3 nitrogen and oxygen atoms in total. The molecule has 1 fully saturated rings. The van der Waals surface area contributed by atoms with E-state index in [0.717, 1.165) is 28.7 Å². The van der Waals surface area contributed by atoms with Crippen LogP contribution in [0.15, 0.2) is 18.2 Å². The molecule has 3 unspecified atom stereocenters. The second-order valence-corrected chi connectivity index (χ2v) is 6.22. The SMILES string of the molecule is CNC(=O)c1ccc(NC2CCC(C)C(C)C2)c(C)c1.